The summed E-state index contributed by atoms with van der Waals surface area (Å²) in [6.45, 7) is 14.2. The number of aliphatic hydroxyl groups excluding tert-OH is 1. The van der Waals surface area contributed by atoms with E-state index in [2.05, 4.69) is 4.98 Å². The summed E-state index contributed by atoms with van der Waals surface area (Å²) in [7, 11) is 0. The number of carbonyl (C=O) groups is 2. The molecule has 9 heteroatoms. The van der Waals surface area contributed by atoms with Crippen LogP contribution in [-0.2, 0) is 25.5 Å². The van der Waals surface area contributed by atoms with Crippen LogP contribution >= 0.6 is 0 Å². The number of aryl methyl sites for hydroxylation is 1. The minimum atomic E-state index is -1.29. The molecule has 0 aromatic carbocycles. The third-order valence-corrected chi connectivity index (χ3v) is 4.50. The van der Waals surface area contributed by atoms with Crippen LogP contribution in [0.1, 0.15) is 73.1 Å². The summed E-state index contributed by atoms with van der Waals surface area (Å²) in [5.41, 5.74) is -0.993. The van der Waals surface area contributed by atoms with Gasteiger partial charge in [0.1, 0.15) is 17.3 Å². The summed E-state index contributed by atoms with van der Waals surface area (Å²) in [4.78, 5) is 31.0. The van der Waals surface area contributed by atoms with Gasteiger partial charge < -0.3 is 28.8 Å². The monoisotopic (exact) mass is 439 g/mol. The van der Waals surface area contributed by atoms with Crippen LogP contribution in [-0.4, -0.2) is 68.1 Å². The molecular formula is C22H37N3O6. The Bertz CT molecular complexity index is 749. The minimum absolute atomic E-state index is 0.269. The van der Waals surface area contributed by atoms with Crippen LogP contribution in [0.4, 0.5) is 4.79 Å². The van der Waals surface area contributed by atoms with Crippen molar-refractivity contribution < 1.29 is 28.9 Å². The molecule has 2 heterocycles. The summed E-state index contributed by atoms with van der Waals surface area (Å²) in [6.07, 6.45) is 1.36. The van der Waals surface area contributed by atoms with Gasteiger partial charge in [0.15, 0.2) is 6.10 Å². The third-order valence-electron chi connectivity index (χ3n) is 4.50. The number of ether oxygens (including phenoxy) is 3. The summed E-state index contributed by atoms with van der Waals surface area (Å²) in [6, 6.07) is 0. The fraction of sp³-hybridized carbons (Fsp3) is 0.773. The highest BCUT2D eigenvalue weighted by Gasteiger charge is 2.39. The topological polar surface area (TPSA) is 103 Å². The van der Waals surface area contributed by atoms with Crippen molar-refractivity contribution in [2.45, 2.75) is 97.4 Å². The Morgan fingerprint density at radius 2 is 1.84 bits per heavy atom. The Balaban J connectivity index is 2.12. The number of imidazole rings is 1. The normalized spacial score (nSPS) is 19.2. The van der Waals surface area contributed by atoms with E-state index < -0.39 is 41.6 Å². The predicted molar refractivity (Wildman–Crippen MR) is 114 cm³/mol. The number of likely N-dealkylation sites (tertiary alicyclic amines) is 1. The Morgan fingerprint density at radius 3 is 2.42 bits per heavy atom. The Hall–Kier alpha value is -2.13. The molecule has 31 heavy (non-hydrogen) atoms. The summed E-state index contributed by atoms with van der Waals surface area (Å²) in [5.74, 6) is -0.666. The number of aliphatic hydroxyl groups is 1. The quantitative estimate of drug-likeness (QED) is 0.651. The first kappa shape index (κ1) is 25.1. The molecule has 2 unspecified atom stereocenters. The SMILES string of the molecule is CCCn1cnc(C(O)C(O[C@@H]2CCN(C(=O)OC(C)(C)C)C2)C(=O)OC(C)(C)C)c1. The largest absolute Gasteiger partial charge is 0.458 e. The molecule has 1 aromatic rings. The highest BCUT2D eigenvalue weighted by Crippen LogP contribution is 2.26. The number of nitrogens with zero attached hydrogens (tertiary/aromatic N) is 3. The molecule has 1 aliphatic heterocycles. The average molecular weight is 440 g/mol. The maximum Gasteiger partial charge on any atom is 0.410 e. The van der Waals surface area contributed by atoms with E-state index in [4.69, 9.17) is 14.2 Å². The molecule has 9 nitrogen and oxygen atoms in total. The fourth-order valence-electron chi connectivity index (χ4n) is 3.22. The Labute approximate surface area is 184 Å². The molecule has 0 radical (unpaired) electrons. The first-order valence-electron chi connectivity index (χ1n) is 10.8. The molecule has 1 aromatic heterocycles. The lowest BCUT2D eigenvalue weighted by Crippen LogP contribution is -2.41. The lowest BCUT2D eigenvalue weighted by Gasteiger charge is -2.28. The fourth-order valence-corrected chi connectivity index (χ4v) is 3.22. The Kier molecular flexibility index (Phi) is 8.10. The van der Waals surface area contributed by atoms with E-state index in [0.717, 1.165) is 13.0 Å². The van der Waals surface area contributed by atoms with Crippen molar-refractivity contribution in [1.29, 1.82) is 0 Å². The van der Waals surface area contributed by atoms with Crippen molar-refractivity contribution in [3.05, 3.63) is 18.2 Å². The molecule has 0 bridgehead atoms. The van der Waals surface area contributed by atoms with Gasteiger partial charge in [-0.15, -0.1) is 0 Å². The molecule has 3 atom stereocenters. The van der Waals surface area contributed by atoms with Crippen molar-refractivity contribution in [1.82, 2.24) is 14.5 Å². The average Bonchev–Trinajstić information content (AvgIpc) is 3.26. The standard InChI is InChI=1S/C22H37N3O6/c1-8-10-24-13-16(23-14-24)17(26)18(19(27)30-21(2,3)4)29-15-9-11-25(12-15)20(28)31-22(5,6)7/h13-15,17-18,26H,8-12H2,1-7H3/t15-,17?,18?/m1/s1. The zero-order valence-corrected chi connectivity index (χ0v) is 19.8. The zero-order chi connectivity index (χ0) is 23.4. The second-order valence-electron chi connectivity index (χ2n) is 9.91. The van der Waals surface area contributed by atoms with Gasteiger partial charge in [0, 0.05) is 19.3 Å². The molecule has 1 saturated heterocycles. The molecule has 1 aliphatic rings. The van der Waals surface area contributed by atoms with E-state index in [0.29, 0.717) is 18.7 Å². The van der Waals surface area contributed by atoms with Gasteiger partial charge in [-0.2, -0.15) is 0 Å². The predicted octanol–water partition coefficient (Wildman–Crippen LogP) is 3.06. The summed E-state index contributed by atoms with van der Waals surface area (Å²) in [5, 5.41) is 10.9. The van der Waals surface area contributed by atoms with E-state index in [1.54, 1.807) is 38.2 Å². The van der Waals surface area contributed by atoms with Crippen LogP contribution in [0.3, 0.4) is 0 Å². The van der Waals surface area contributed by atoms with E-state index >= 15 is 0 Å². The van der Waals surface area contributed by atoms with Gasteiger partial charge in [-0.05, 0) is 54.4 Å². The summed E-state index contributed by atoms with van der Waals surface area (Å²) >= 11 is 0. The van der Waals surface area contributed by atoms with E-state index in [9.17, 15) is 14.7 Å². The molecule has 1 fully saturated rings. The van der Waals surface area contributed by atoms with Crippen LogP contribution in [0.2, 0.25) is 0 Å². The molecular weight excluding hydrogens is 402 g/mol. The zero-order valence-electron chi connectivity index (χ0n) is 19.8. The van der Waals surface area contributed by atoms with Gasteiger partial charge in [0.2, 0.25) is 0 Å². The van der Waals surface area contributed by atoms with E-state index in [1.807, 2.05) is 32.3 Å². The number of hydrogen-bond acceptors (Lipinski definition) is 7. The molecule has 0 spiro atoms. The van der Waals surface area contributed by atoms with Gasteiger partial charge in [-0.25, -0.2) is 14.6 Å². The van der Waals surface area contributed by atoms with Gasteiger partial charge in [-0.3, -0.25) is 0 Å². The second kappa shape index (κ2) is 9.99. The Morgan fingerprint density at radius 1 is 1.19 bits per heavy atom. The van der Waals surface area contributed by atoms with Gasteiger partial charge in [0.05, 0.1) is 24.7 Å². The maximum atomic E-state index is 12.8. The third kappa shape index (κ3) is 7.81. The van der Waals surface area contributed by atoms with Crippen molar-refractivity contribution in [2.24, 2.45) is 0 Å². The number of aromatic nitrogens is 2. The minimum Gasteiger partial charge on any atom is -0.458 e. The van der Waals surface area contributed by atoms with Crippen LogP contribution in [0.15, 0.2) is 12.5 Å². The molecule has 0 aliphatic carbocycles. The smallest absolute Gasteiger partial charge is 0.410 e. The lowest BCUT2D eigenvalue weighted by molar-refractivity contribution is -0.181. The number of carbonyl (C=O) groups excluding carboxylic acids is 2. The maximum absolute atomic E-state index is 12.8. The van der Waals surface area contributed by atoms with Gasteiger partial charge >= 0.3 is 12.1 Å². The molecule has 0 saturated carbocycles. The molecule has 1 N–H and O–H groups in total. The number of rotatable bonds is 7. The van der Waals surface area contributed by atoms with Crippen molar-refractivity contribution in [3.8, 4) is 0 Å². The van der Waals surface area contributed by atoms with Crippen LogP contribution < -0.4 is 0 Å². The molecule has 176 valence electrons. The molecule has 2 rings (SSSR count). The highest BCUT2D eigenvalue weighted by molar-refractivity contribution is 5.76. The van der Waals surface area contributed by atoms with E-state index in [1.165, 1.54) is 0 Å². The first-order valence-corrected chi connectivity index (χ1v) is 10.8. The van der Waals surface area contributed by atoms with Crippen LogP contribution in [0.25, 0.3) is 0 Å². The van der Waals surface area contributed by atoms with Crippen LogP contribution in [0, 0.1) is 0 Å². The first-order chi connectivity index (χ1) is 14.3. The van der Waals surface area contributed by atoms with Crippen LogP contribution in [0.5, 0.6) is 0 Å². The van der Waals surface area contributed by atoms with Gasteiger partial charge in [-0.1, -0.05) is 6.92 Å². The number of amides is 1. The van der Waals surface area contributed by atoms with Crippen molar-refractivity contribution in [2.75, 3.05) is 13.1 Å². The second-order valence-corrected chi connectivity index (χ2v) is 9.91. The van der Waals surface area contributed by atoms with Gasteiger partial charge in [0.25, 0.3) is 0 Å². The van der Waals surface area contributed by atoms with E-state index in [-0.39, 0.29) is 6.54 Å². The lowest BCUT2D eigenvalue weighted by atomic mass is 10.1. The summed E-state index contributed by atoms with van der Waals surface area (Å²) < 4.78 is 18.7. The molecule has 1 amide bonds. The van der Waals surface area contributed by atoms with Crippen molar-refractivity contribution >= 4 is 12.1 Å². The highest BCUT2D eigenvalue weighted by atomic mass is 16.6. The van der Waals surface area contributed by atoms with Crippen molar-refractivity contribution in [3.63, 3.8) is 0 Å². The number of hydrogen-bond donors (Lipinski definition) is 1. The number of esters is 1.